The molecule has 7 nitrogen and oxygen atoms in total. The first-order valence-electron chi connectivity index (χ1n) is 11.0. The number of nitrogens with one attached hydrogen (secondary N) is 3. The summed E-state index contributed by atoms with van der Waals surface area (Å²) in [6.45, 7) is 0.416. The van der Waals surface area contributed by atoms with Crippen molar-refractivity contribution in [3.05, 3.63) is 108 Å². The lowest BCUT2D eigenvalue weighted by Gasteiger charge is -2.09. The van der Waals surface area contributed by atoms with Crippen LogP contribution < -0.4 is 11.1 Å². The molecule has 3 aromatic heterocycles. The Morgan fingerprint density at radius 1 is 0.971 bits per heavy atom. The van der Waals surface area contributed by atoms with Gasteiger partial charge in [0.2, 0.25) is 5.78 Å². The molecule has 5 aromatic rings. The molecule has 168 valence electrons. The number of rotatable bonds is 7. The average Bonchev–Trinajstić information content (AvgIpc) is 3.45. The van der Waals surface area contributed by atoms with E-state index in [9.17, 15) is 9.59 Å². The number of carbonyl (C=O) groups is 2. The van der Waals surface area contributed by atoms with Crippen LogP contribution in [0.4, 0.5) is 5.82 Å². The highest BCUT2D eigenvalue weighted by Gasteiger charge is 2.27. The Morgan fingerprint density at radius 2 is 1.76 bits per heavy atom. The van der Waals surface area contributed by atoms with Gasteiger partial charge in [0.05, 0.1) is 11.3 Å². The zero-order valence-electron chi connectivity index (χ0n) is 18.3. The number of fused-ring (bicyclic) bond motifs is 1. The van der Waals surface area contributed by atoms with Gasteiger partial charge in [-0.3, -0.25) is 14.6 Å². The maximum Gasteiger partial charge on any atom is 0.255 e. The van der Waals surface area contributed by atoms with E-state index in [1.165, 1.54) is 0 Å². The number of H-pyrrole nitrogens is 2. The molecule has 1 amide bonds. The topological polar surface area (TPSA) is 117 Å². The van der Waals surface area contributed by atoms with Crippen LogP contribution in [0, 0.1) is 0 Å². The molecule has 0 aliphatic carbocycles. The summed E-state index contributed by atoms with van der Waals surface area (Å²) in [4.78, 5) is 36.9. The van der Waals surface area contributed by atoms with Crippen LogP contribution in [0.1, 0.15) is 32.0 Å². The lowest BCUT2D eigenvalue weighted by Crippen LogP contribution is -2.26. The summed E-state index contributed by atoms with van der Waals surface area (Å²) >= 11 is 0. The summed E-state index contributed by atoms with van der Waals surface area (Å²) in [7, 11) is 0. The second-order valence-electron chi connectivity index (χ2n) is 7.97. The molecular formula is C27H23N5O2. The second kappa shape index (κ2) is 9.07. The van der Waals surface area contributed by atoms with Crippen molar-refractivity contribution in [2.45, 2.75) is 6.42 Å². The minimum Gasteiger partial charge on any atom is -0.385 e. The van der Waals surface area contributed by atoms with E-state index in [0.717, 1.165) is 16.5 Å². The molecular weight excluding hydrogens is 426 g/mol. The molecule has 0 saturated heterocycles. The number of hydrogen-bond acceptors (Lipinski definition) is 4. The van der Waals surface area contributed by atoms with Crippen LogP contribution in [0.2, 0.25) is 0 Å². The Balaban J connectivity index is 1.45. The molecule has 0 aliphatic rings. The van der Waals surface area contributed by atoms with E-state index in [4.69, 9.17) is 5.73 Å². The molecule has 0 radical (unpaired) electrons. The Morgan fingerprint density at radius 3 is 2.56 bits per heavy atom. The zero-order valence-corrected chi connectivity index (χ0v) is 18.3. The number of anilines is 1. The Labute approximate surface area is 196 Å². The molecule has 0 atom stereocenters. The molecule has 34 heavy (non-hydrogen) atoms. The maximum absolute atomic E-state index is 13.3. The van der Waals surface area contributed by atoms with Crippen LogP contribution in [0.15, 0.2) is 85.3 Å². The van der Waals surface area contributed by atoms with Crippen molar-refractivity contribution in [3.63, 3.8) is 0 Å². The van der Waals surface area contributed by atoms with Crippen LogP contribution in [-0.2, 0) is 6.42 Å². The first-order chi connectivity index (χ1) is 16.6. The summed E-state index contributed by atoms with van der Waals surface area (Å²) in [5.41, 5.74) is 10.5. The number of para-hydroxylation sites is 1. The number of nitrogens with zero attached hydrogens (tertiary/aromatic N) is 1. The van der Waals surface area contributed by atoms with Gasteiger partial charge in [0.25, 0.3) is 5.91 Å². The molecule has 0 aliphatic heterocycles. The smallest absolute Gasteiger partial charge is 0.255 e. The van der Waals surface area contributed by atoms with E-state index >= 15 is 0 Å². The predicted octanol–water partition coefficient (Wildman–Crippen LogP) is 4.34. The monoisotopic (exact) mass is 449 g/mol. The first-order valence-corrected chi connectivity index (χ1v) is 11.0. The van der Waals surface area contributed by atoms with Crippen LogP contribution in [0.3, 0.4) is 0 Å². The van der Waals surface area contributed by atoms with E-state index in [-0.39, 0.29) is 28.8 Å². The standard InChI is InChI=1S/C27H23N5O2/c28-26-23(27(34)30-14-12-18-16-31-21-11-5-4-10-20(18)21)22(19-9-6-13-29-15-19)24(32-26)25(33)17-7-2-1-3-8-17/h1-11,13,15-16,31-32H,12,14,28H2,(H,30,34). The lowest BCUT2D eigenvalue weighted by molar-refractivity contribution is 0.0955. The van der Waals surface area contributed by atoms with Gasteiger partial charge in [0.1, 0.15) is 5.82 Å². The van der Waals surface area contributed by atoms with Gasteiger partial charge in [-0.1, -0.05) is 54.6 Å². The first kappa shape index (κ1) is 21.2. The number of aromatic amines is 2. The highest BCUT2D eigenvalue weighted by atomic mass is 16.1. The summed E-state index contributed by atoms with van der Waals surface area (Å²) in [5, 5.41) is 4.09. The Kier molecular flexibility index (Phi) is 5.66. The van der Waals surface area contributed by atoms with Crippen molar-refractivity contribution >= 4 is 28.4 Å². The van der Waals surface area contributed by atoms with E-state index in [0.29, 0.717) is 29.7 Å². The average molecular weight is 450 g/mol. The Bertz CT molecular complexity index is 1470. The quantitative estimate of drug-likeness (QED) is 0.277. The number of nitrogen functional groups attached to an aromatic ring is 1. The molecule has 5 N–H and O–H groups in total. The normalized spacial score (nSPS) is 10.9. The summed E-state index contributed by atoms with van der Waals surface area (Å²) in [5.74, 6) is -0.453. The largest absolute Gasteiger partial charge is 0.385 e. The highest BCUT2D eigenvalue weighted by Crippen LogP contribution is 2.33. The van der Waals surface area contributed by atoms with Gasteiger partial charge < -0.3 is 21.0 Å². The van der Waals surface area contributed by atoms with Crippen molar-refractivity contribution in [2.75, 3.05) is 12.3 Å². The Hall–Kier alpha value is -4.65. The molecule has 3 heterocycles. The summed E-state index contributed by atoms with van der Waals surface area (Å²) in [6, 6.07) is 20.5. The fourth-order valence-corrected chi connectivity index (χ4v) is 4.20. The van der Waals surface area contributed by atoms with Crippen molar-refractivity contribution in [2.24, 2.45) is 0 Å². The van der Waals surface area contributed by atoms with Gasteiger partial charge in [0.15, 0.2) is 0 Å². The number of hydrogen-bond donors (Lipinski definition) is 4. The molecule has 5 rings (SSSR count). The second-order valence-corrected chi connectivity index (χ2v) is 7.97. The van der Waals surface area contributed by atoms with Crippen LogP contribution in [0.5, 0.6) is 0 Å². The predicted molar refractivity (Wildman–Crippen MR) is 133 cm³/mol. The number of benzene rings is 2. The zero-order chi connectivity index (χ0) is 23.5. The van der Waals surface area contributed by atoms with Crippen LogP contribution >= 0.6 is 0 Å². The third kappa shape index (κ3) is 3.95. The molecule has 0 fully saturated rings. The lowest BCUT2D eigenvalue weighted by atomic mass is 9.97. The maximum atomic E-state index is 13.3. The molecule has 0 unspecified atom stereocenters. The minimum atomic E-state index is -0.348. The fraction of sp³-hybridized carbons (Fsp3) is 0.0741. The van der Waals surface area contributed by atoms with Gasteiger partial charge in [0, 0.05) is 52.7 Å². The van der Waals surface area contributed by atoms with E-state index < -0.39 is 0 Å². The summed E-state index contributed by atoms with van der Waals surface area (Å²) in [6.07, 6.45) is 5.86. The van der Waals surface area contributed by atoms with Crippen molar-refractivity contribution < 1.29 is 9.59 Å². The van der Waals surface area contributed by atoms with Crippen LogP contribution in [0.25, 0.3) is 22.0 Å². The third-order valence-corrected chi connectivity index (χ3v) is 5.82. The fourth-order valence-electron chi connectivity index (χ4n) is 4.20. The SMILES string of the molecule is Nc1[nH]c(C(=O)c2ccccc2)c(-c2cccnc2)c1C(=O)NCCc1c[nH]c2ccccc12. The minimum absolute atomic E-state index is 0.141. The van der Waals surface area contributed by atoms with E-state index in [1.54, 1.807) is 48.8 Å². The number of nitrogens with two attached hydrogens (primary N) is 1. The summed E-state index contributed by atoms with van der Waals surface area (Å²) < 4.78 is 0. The number of amides is 1. The van der Waals surface area contributed by atoms with E-state index in [2.05, 4.69) is 26.3 Å². The third-order valence-electron chi connectivity index (χ3n) is 5.82. The van der Waals surface area contributed by atoms with E-state index in [1.807, 2.05) is 30.5 Å². The molecule has 2 aromatic carbocycles. The number of pyridine rings is 1. The molecule has 7 heteroatoms. The van der Waals surface area contributed by atoms with Gasteiger partial charge >= 0.3 is 0 Å². The van der Waals surface area contributed by atoms with Gasteiger partial charge in [-0.2, -0.15) is 0 Å². The van der Waals surface area contributed by atoms with Crippen molar-refractivity contribution in [3.8, 4) is 11.1 Å². The number of aromatic nitrogens is 3. The highest BCUT2D eigenvalue weighted by molar-refractivity contribution is 6.17. The van der Waals surface area contributed by atoms with Crippen molar-refractivity contribution in [1.29, 1.82) is 0 Å². The molecule has 0 spiro atoms. The molecule has 0 bridgehead atoms. The van der Waals surface area contributed by atoms with Crippen LogP contribution in [-0.4, -0.2) is 33.2 Å². The number of ketones is 1. The van der Waals surface area contributed by atoms with Gasteiger partial charge in [-0.05, 0) is 24.1 Å². The molecule has 0 saturated carbocycles. The van der Waals surface area contributed by atoms with Crippen molar-refractivity contribution in [1.82, 2.24) is 20.3 Å². The van der Waals surface area contributed by atoms with Gasteiger partial charge in [-0.25, -0.2) is 0 Å². The van der Waals surface area contributed by atoms with Gasteiger partial charge in [-0.15, -0.1) is 0 Å². The number of carbonyl (C=O) groups excluding carboxylic acids is 2.